The lowest BCUT2D eigenvalue weighted by Gasteiger charge is -2.24. The SMILES string of the molecule is COC(=O)[C@H](CS)NP(c1ccccc1)c1ccccc1. The van der Waals surface area contributed by atoms with E-state index in [0.29, 0.717) is 5.75 Å². The number of methoxy groups -OCH3 is 1. The standard InChI is InChI=1S/C16H18NO2PS/c1-19-16(18)15(12-21)17-20(13-8-4-2-5-9-13)14-10-6-3-7-11-14/h2-11,15,17,21H,12H2,1H3/t15-/m0/s1. The van der Waals surface area contributed by atoms with E-state index in [2.05, 4.69) is 42.0 Å². The van der Waals surface area contributed by atoms with Crippen molar-refractivity contribution in [3.05, 3.63) is 60.7 Å². The van der Waals surface area contributed by atoms with Crippen molar-refractivity contribution in [3.63, 3.8) is 0 Å². The first kappa shape index (κ1) is 16.0. The molecule has 0 aromatic heterocycles. The van der Waals surface area contributed by atoms with Crippen molar-refractivity contribution in [1.29, 1.82) is 0 Å². The molecule has 0 unspecified atom stereocenters. The summed E-state index contributed by atoms with van der Waals surface area (Å²) in [6, 6.07) is 19.8. The smallest absolute Gasteiger partial charge is 0.324 e. The highest BCUT2D eigenvalue weighted by molar-refractivity contribution is 7.80. The van der Waals surface area contributed by atoms with Crippen LogP contribution in [0.2, 0.25) is 0 Å². The maximum absolute atomic E-state index is 11.8. The van der Waals surface area contributed by atoms with Crippen molar-refractivity contribution in [2.24, 2.45) is 0 Å². The van der Waals surface area contributed by atoms with E-state index in [1.807, 2.05) is 36.4 Å². The third-order valence-electron chi connectivity index (χ3n) is 2.98. The molecule has 0 saturated heterocycles. The van der Waals surface area contributed by atoms with E-state index in [-0.39, 0.29) is 5.97 Å². The molecular weight excluding hydrogens is 301 g/mol. The minimum Gasteiger partial charge on any atom is -0.468 e. The second-order valence-corrected chi connectivity index (χ2v) is 6.72. The van der Waals surface area contributed by atoms with E-state index in [4.69, 9.17) is 4.74 Å². The summed E-state index contributed by atoms with van der Waals surface area (Å²) in [5.41, 5.74) is 0. The van der Waals surface area contributed by atoms with Gasteiger partial charge in [-0.3, -0.25) is 9.88 Å². The number of rotatable bonds is 6. The predicted octanol–water partition coefficient (Wildman–Crippen LogP) is 2.10. The van der Waals surface area contributed by atoms with Gasteiger partial charge in [0, 0.05) is 13.8 Å². The second kappa shape index (κ2) is 8.18. The van der Waals surface area contributed by atoms with Crippen molar-refractivity contribution in [2.75, 3.05) is 12.9 Å². The Morgan fingerprint density at radius 1 is 1.10 bits per heavy atom. The number of benzene rings is 2. The van der Waals surface area contributed by atoms with Crippen LogP contribution in [0, 0.1) is 0 Å². The zero-order valence-corrected chi connectivity index (χ0v) is 13.6. The minimum atomic E-state index is -0.834. The van der Waals surface area contributed by atoms with Crippen LogP contribution in [0.3, 0.4) is 0 Å². The van der Waals surface area contributed by atoms with Crippen LogP contribution in [0.1, 0.15) is 0 Å². The van der Waals surface area contributed by atoms with E-state index >= 15 is 0 Å². The highest BCUT2D eigenvalue weighted by Gasteiger charge is 2.23. The predicted molar refractivity (Wildman–Crippen MR) is 91.9 cm³/mol. The number of ether oxygens (including phenoxy) is 1. The largest absolute Gasteiger partial charge is 0.468 e. The lowest BCUT2D eigenvalue weighted by molar-refractivity contribution is -0.141. The zero-order valence-electron chi connectivity index (χ0n) is 11.8. The molecule has 1 N–H and O–H groups in total. The maximum atomic E-state index is 11.8. The summed E-state index contributed by atoms with van der Waals surface area (Å²) < 4.78 is 4.84. The second-order valence-electron chi connectivity index (χ2n) is 4.39. The molecule has 2 aromatic carbocycles. The van der Waals surface area contributed by atoms with Gasteiger partial charge in [0.2, 0.25) is 0 Å². The van der Waals surface area contributed by atoms with E-state index in [9.17, 15) is 4.79 Å². The monoisotopic (exact) mass is 319 g/mol. The molecule has 0 spiro atoms. The fraction of sp³-hybridized carbons (Fsp3) is 0.188. The third-order valence-corrected chi connectivity index (χ3v) is 5.55. The molecule has 0 radical (unpaired) electrons. The van der Waals surface area contributed by atoms with Gasteiger partial charge in [0.15, 0.2) is 0 Å². The summed E-state index contributed by atoms with van der Waals surface area (Å²) in [7, 11) is 0.563. The normalized spacial score (nSPS) is 12.1. The highest BCUT2D eigenvalue weighted by Crippen LogP contribution is 2.29. The molecule has 21 heavy (non-hydrogen) atoms. The first-order valence-electron chi connectivity index (χ1n) is 6.61. The van der Waals surface area contributed by atoms with Gasteiger partial charge in [-0.25, -0.2) is 0 Å². The van der Waals surface area contributed by atoms with Crippen molar-refractivity contribution < 1.29 is 9.53 Å². The van der Waals surface area contributed by atoms with Crippen LogP contribution in [0.5, 0.6) is 0 Å². The Morgan fingerprint density at radius 2 is 1.57 bits per heavy atom. The Labute approximate surface area is 131 Å². The summed E-state index contributed by atoms with van der Waals surface area (Å²) in [4.78, 5) is 11.8. The first-order valence-corrected chi connectivity index (χ1v) is 8.58. The average molecular weight is 319 g/mol. The van der Waals surface area contributed by atoms with Gasteiger partial charge >= 0.3 is 5.97 Å². The highest BCUT2D eigenvalue weighted by atomic mass is 32.1. The Bertz CT molecular complexity index is 526. The summed E-state index contributed by atoms with van der Waals surface area (Å²) in [6.07, 6.45) is 0. The van der Waals surface area contributed by atoms with Crippen molar-refractivity contribution in [3.8, 4) is 0 Å². The number of hydrogen-bond donors (Lipinski definition) is 2. The third kappa shape index (κ3) is 4.31. The van der Waals surface area contributed by atoms with Gasteiger partial charge in [-0.2, -0.15) is 12.6 Å². The van der Waals surface area contributed by atoms with Crippen LogP contribution in [0.25, 0.3) is 0 Å². The summed E-state index contributed by atoms with van der Waals surface area (Å²) in [5.74, 6) is 0.106. The number of esters is 1. The van der Waals surface area contributed by atoms with E-state index in [1.165, 1.54) is 7.11 Å². The van der Waals surface area contributed by atoms with Crippen molar-refractivity contribution >= 4 is 37.3 Å². The fourth-order valence-corrected chi connectivity index (χ4v) is 4.35. The van der Waals surface area contributed by atoms with Gasteiger partial charge in [-0.15, -0.1) is 0 Å². The lowest BCUT2D eigenvalue weighted by Crippen LogP contribution is -2.40. The van der Waals surface area contributed by atoms with Gasteiger partial charge < -0.3 is 4.74 Å². The molecule has 110 valence electrons. The van der Waals surface area contributed by atoms with Gasteiger partial charge in [-0.1, -0.05) is 60.7 Å². The molecular formula is C16H18NO2PS. The summed E-state index contributed by atoms with van der Waals surface area (Å²) in [6.45, 7) is 0. The molecule has 0 fully saturated rings. The molecule has 1 atom stereocenters. The van der Waals surface area contributed by atoms with Crippen molar-refractivity contribution in [1.82, 2.24) is 5.09 Å². The Kier molecular flexibility index (Phi) is 6.24. The van der Waals surface area contributed by atoms with Crippen LogP contribution < -0.4 is 15.7 Å². The molecule has 2 aromatic rings. The molecule has 0 bridgehead atoms. The molecule has 2 rings (SSSR count). The van der Waals surface area contributed by atoms with Crippen LogP contribution in [0.4, 0.5) is 0 Å². The molecule has 0 heterocycles. The maximum Gasteiger partial charge on any atom is 0.324 e. The first-order chi connectivity index (χ1) is 10.3. The number of carbonyl (C=O) groups excluding carboxylic acids is 1. The molecule has 3 nitrogen and oxygen atoms in total. The Morgan fingerprint density at radius 3 is 1.95 bits per heavy atom. The number of hydrogen-bond acceptors (Lipinski definition) is 4. The van der Waals surface area contributed by atoms with Gasteiger partial charge in [0.05, 0.1) is 7.11 Å². The Hall–Kier alpha value is -1.35. The zero-order chi connectivity index (χ0) is 15.1. The molecule has 0 saturated carbocycles. The fourth-order valence-electron chi connectivity index (χ4n) is 1.92. The quantitative estimate of drug-likeness (QED) is 0.486. The topological polar surface area (TPSA) is 38.3 Å². The van der Waals surface area contributed by atoms with Crippen LogP contribution in [-0.2, 0) is 9.53 Å². The molecule has 5 heteroatoms. The lowest BCUT2D eigenvalue weighted by atomic mass is 10.4. The molecule has 0 aliphatic heterocycles. The van der Waals surface area contributed by atoms with Gasteiger partial charge in [-0.05, 0) is 10.6 Å². The molecule has 0 amide bonds. The molecule has 0 aliphatic carbocycles. The minimum absolute atomic E-state index is 0.288. The van der Waals surface area contributed by atoms with Gasteiger partial charge in [0.25, 0.3) is 0 Å². The number of nitrogens with one attached hydrogen (secondary N) is 1. The summed E-state index contributed by atoms with van der Waals surface area (Å²) >= 11 is 4.26. The summed E-state index contributed by atoms with van der Waals surface area (Å²) in [5, 5.41) is 5.72. The number of carbonyl (C=O) groups is 1. The van der Waals surface area contributed by atoms with Crippen LogP contribution >= 0.6 is 20.7 Å². The Balaban J connectivity index is 2.31. The van der Waals surface area contributed by atoms with Gasteiger partial charge in [0.1, 0.15) is 6.04 Å². The van der Waals surface area contributed by atoms with Crippen LogP contribution in [0.15, 0.2) is 60.7 Å². The van der Waals surface area contributed by atoms with Crippen molar-refractivity contribution in [2.45, 2.75) is 6.04 Å². The van der Waals surface area contributed by atoms with E-state index in [1.54, 1.807) is 0 Å². The van der Waals surface area contributed by atoms with Crippen LogP contribution in [-0.4, -0.2) is 24.9 Å². The van der Waals surface area contributed by atoms with E-state index in [0.717, 1.165) is 10.6 Å². The average Bonchev–Trinajstić information content (AvgIpc) is 2.57. The molecule has 0 aliphatic rings. The van der Waals surface area contributed by atoms with E-state index < -0.39 is 14.1 Å². The number of thiol groups is 1.